The molecule has 0 radical (unpaired) electrons. The molecular weight excluding hydrogens is 338 g/mol. The Morgan fingerprint density at radius 1 is 1.19 bits per heavy atom. The van der Waals surface area contributed by atoms with Gasteiger partial charge in [-0.2, -0.15) is 0 Å². The Morgan fingerprint density at radius 2 is 1.88 bits per heavy atom. The number of nitrogens with one attached hydrogen (secondary N) is 2. The molecule has 1 saturated heterocycles. The molecule has 0 bridgehead atoms. The van der Waals surface area contributed by atoms with Gasteiger partial charge < -0.3 is 15.0 Å². The minimum atomic E-state index is -1.06. The summed E-state index contributed by atoms with van der Waals surface area (Å²) in [5.41, 5.74) is 0.905. The zero-order valence-corrected chi connectivity index (χ0v) is 14.7. The summed E-state index contributed by atoms with van der Waals surface area (Å²) >= 11 is 0. The Labute approximate surface area is 149 Å². The van der Waals surface area contributed by atoms with E-state index in [-0.39, 0.29) is 5.78 Å². The minimum Gasteiger partial charge on any atom is -0.456 e. The quantitative estimate of drug-likeness (QED) is 0.479. The first-order valence-corrected chi connectivity index (χ1v) is 8.11. The number of hydrogen-bond donors (Lipinski definition) is 2. The van der Waals surface area contributed by atoms with Gasteiger partial charge in [0.2, 0.25) is 5.78 Å². The number of benzene rings is 1. The molecule has 26 heavy (non-hydrogen) atoms. The van der Waals surface area contributed by atoms with Crippen LogP contribution in [-0.2, 0) is 14.3 Å². The number of H-pyrrole nitrogens is 1. The van der Waals surface area contributed by atoms with Crippen LogP contribution in [0.1, 0.15) is 29.9 Å². The van der Waals surface area contributed by atoms with Gasteiger partial charge >= 0.3 is 12.0 Å². The number of ketones is 1. The molecule has 8 nitrogen and oxygen atoms in total. The van der Waals surface area contributed by atoms with Crippen molar-refractivity contribution in [2.24, 2.45) is 0 Å². The first kappa shape index (κ1) is 17.7. The van der Waals surface area contributed by atoms with E-state index in [0.717, 1.165) is 15.8 Å². The fraction of sp³-hybridized carbons (Fsp3) is 0.333. The number of Topliss-reactive ketones (excluding diaryl/α,β-unsaturated/α-hetero) is 1. The van der Waals surface area contributed by atoms with Crippen molar-refractivity contribution in [2.45, 2.75) is 26.3 Å². The molecular formula is C18H19N3O5. The highest BCUT2D eigenvalue weighted by atomic mass is 16.5. The number of ether oxygens (including phenoxy) is 1. The van der Waals surface area contributed by atoms with Crippen LogP contribution in [0.25, 0.3) is 10.9 Å². The maximum atomic E-state index is 12.5. The van der Waals surface area contributed by atoms with Gasteiger partial charge in [0, 0.05) is 22.2 Å². The molecule has 2 aromatic rings. The number of carbonyl (C=O) groups excluding carboxylic acids is 4. The van der Waals surface area contributed by atoms with Gasteiger partial charge in [0.25, 0.3) is 5.91 Å². The number of hydrogen-bond acceptors (Lipinski definition) is 5. The van der Waals surface area contributed by atoms with E-state index < -0.39 is 36.6 Å². The number of aromatic amines is 1. The summed E-state index contributed by atoms with van der Waals surface area (Å²) in [6.45, 7) is 3.86. The average Bonchev–Trinajstić information content (AvgIpc) is 3.00. The normalized spacial score (nSPS) is 16.0. The number of amides is 3. The number of imide groups is 1. The van der Waals surface area contributed by atoms with Crippen LogP contribution < -0.4 is 5.32 Å². The van der Waals surface area contributed by atoms with Crippen LogP contribution in [-0.4, -0.2) is 52.3 Å². The van der Waals surface area contributed by atoms with Crippen LogP contribution in [0.5, 0.6) is 0 Å². The Hall–Kier alpha value is -3.16. The molecule has 3 rings (SSSR count). The number of aromatic nitrogens is 1. The second-order valence-corrected chi connectivity index (χ2v) is 6.70. The number of fused-ring (bicyclic) bond motifs is 1. The summed E-state index contributed by atoms with van der Waals surface area (Å²) < 4.78 is 4.98. The van der Waals surface area contributed by atoms with Crippen molar-refractivity contribution >= 4 is 34.6 Å². The van der Waals surface area contributed by atoms with Gasteiger partial charge in [-0.15, -0.1) is 0 Å². The van der Waals surface area contributed by atoms with Crippen molar-refractivity contribution in [3.8, 4) is 0 Å². The third kappa shape index (κ3) is 3.05. The maximum absolute atomic E-state index is 12.5. The second-order valence-electron chi connectivity index (χ2n) is 6.70. The first-order chi connectivity index (χ1) is 12.2. The fourth-order valence-electron chi connectivity index (χ4n) is 2.99. The molecule has 1 aliphatic heterocycles. The van der Waals surface area contributed by atoms with E-state index in [1.165, 1.54) is 0 Å². The molecule has 1 aliphatic rings. The number of nitrogens with zero attached hydrogens (tertiary/aromatic N) is 1. The summed E-state index contributed by atoms with van der Waals surface area (Å²) in [5, 5.41) is 3.22. The zero-order chi connectivity index (χ0) is 19.1. The second kappa shape index (κ2) is 6.29. The van der Waals surface area contributed by atoms with Gasteiger partial charge in [0.1, 0.15) is 12.1 Å². The molecule has 0 spiro atoms. The predicted molar refractivity (Wildman–Crippen MR) is 92.6 cm³/mol. The van der Waals surface area contributed by atoms with Gasteiger partial charge in [-0.3, -0.25) is 19.3 Å². The summed E-state index contributed by atoms with van der Waals surface area (Å²) in [5.74, 6) is -1.69. The van der Waals surface area contributed by atoms with E-state index >= 15 is 0 Å². The van der Waals surface area contributed by atoms with E-state index in [1.807, 2.05) is 24.3 Å². The lowest BCUT2D eigenvalue weighted by molar-refractivity contribution is -0.146. The molecule has 0 unspecified atom stereocenters. The van der Waals surface area contributed by atoms with Gasteiger partial charge in [-0.1, -0.05) is 18.2 Å². The van der Waals surface area contributed by atoms with Crippen LogP contribution in [0, 0.1) is 6.92 Å². The molecule has 0 saturated carbocycles. The van der Waals surface area contributed by atoms with Gasteiger partial charge in [0.15, 0.2) is 6.61 Å². The Bertz CT molecular complexity index is 928. The molecule has 1 fully saturated rings. The van der Waals surface area contributed by atoms with Gasteiger partial charge in [0.05, 0.1) is 0 Å². The van der Waals surface area contributed by atoms with Crippen LogP contribution in [0.3, 0.4) is 0 Å². The number of para-hydroxylation sites is 1. The zero-order valence-electron chi connectivity index (χ0n) is 14.7. The lowest BCUT2D eigenvalue weighted by Gasteiger charge is -2.15. The number of carbonyl (C=O) groups is 4. The van der Waals surface area contributed by atoms with E-state index in [9.17, 15) is 19.2 Å². The molecule has 1 aromatic carbocycles. The highest BCUT2D eigenvalue weighted by molar-refractivity contribution is 6.10. The maximum Gasteiger partial charge on any atom is 0.326 e. The smallest absolute Gasteiger partial charge is 0.326 e. The monoisotopic (exact) mass is 357 g/mol. The van der Waals surface area contributed by atoms with Gasteiger partial charge in [-0.05, 0) is 26.8 Å². The standard InChI is InChI=1S/C18H19N3O5/c1-10-15(11-6-4-5-7-12(11)19-10)13(22)9-26-14(23)8-21-16(24)18(2,3)20-17(21)25/h4-7,19H,8-9H2,1-3H3,(H,20,25). The largest absolute Gasteiger partial charge is 0.456 e. The van der Waals surface area contributed by atoms with Crippen molar-refractivity contribution in [2.75, 3.05) is 13.2 Å². The van der Waals surface area contributed by atoms with E-state index in [4.69, 9.17) is 4.74 Å². The van der Waals surface area contributed by atoms with Crippen LogP contribution >= 0.6 is 0 Å². The van der Waals surface area contributed by atoms with E-state index in [0.29, 0.717) is 11.3 Å². The van der Waals surface area contributed by atoms with Crippen molar-refractivity contribution in [3.63, 3.8) is 0 Å². The van der Waals surface area contributed by atoms with Crippen LogP contribution in [0.15, 0.2) is 24.3 Å². The van der Waals surface area contributed by atoms with Crippen molar-refractivity contribution in [3.05, 3.63) is 35.5 Å². The van der Waals surface area contributed by atoms with E-state index in [1.54, 1.807) is 20.8 Å². The lowest BCUT2D eigenvalue weighted by atomic mass is 10.1. The lowest BCUT2D eigenvalue weighted by Crippen LogP contribution is -2.41. The average molecular weight is 357 g/mol. The number of urea groups is 1. The highest BCUT2D eigenvalue weighted by Crippen LogP contribution is 2.22. The summed E-state index contributed by atoms with van der Waals surface area (Å²) in [6.07, 6.45) is 0. The molecule has 1 aromatic heterocycles. The molecule has 0 atom stereocenters. The predicted octanol–water partition coefficient (Wildman–Crippen LogP) is 1.53. The topological polar surface area (TPSA) is 109 Å². The number of rotatable bonds is 5. The third-order valence-corrected chi connectivity index (χ3v) is 4.27. The Balaban J connectivity index is 1.64. The van der Waals surface area contributed by atoms with Crippen molar-refractivity contribution in [1.82, 2.24) is 15.2 Å². The molecule has 136 valence electrons. The van der Waals surface area contributed by atoms with Crippen LogP contribution in [0.2, 0.25) is 0 Å². The minimum absolute atomic E-state index is 0.356. The third-order valence-electron chi connectivity index (χ3n) is 4.27. The fourth-order valence-corrected chi connectivity index (χ4v) is 2.99. The molecule has 2 heterocycles. The summed E-state index contributed by atoms with van der Waals surface area (Å²) in [6, 6.07) is 6.67. The molecule has 3 amide bonds. The summed E-state index contributed by atoms with van der Waals surface area (Å²) in [4.78, 5) is 52.1. The van der Waals surface area contributed by atoms with Crippen LogP contribution in [0.4, 0.5) is 4.79 Å². The van der Waals surface area contributed by atoms with Crippen molar-refractivity contribution < 1.29 is 23.9 Å². The highest BCUT2D eigenvalue weighted by Gasteiger charge is 2.45. The number of aryl methyl sites for hydroxylation is 1. The molecule has 0 aliphatic carbocycles. The number of esters is 1. The Kier molecular flexibility index (Phi) is 4.27. The SMILES string of the molecule is Cc1[nH]c2ccccc2c1C(=O)COC(=O)CN1C(=O)NC(C)(C)C1=O. The van der Waals surface area contributed by atoms with Gasteiger partial charge in [-0.25, -0.2) is 4.79 Å². The molecule has 8 heteroatoms. The van der Waals surface area contributed by atoms with E-state index in [2.05, 4.69) is 10.3 Å². The summed E-state index contributed by atoms with van der Waals surface area (Å²) in [7, 11) is 0. The Morgan fingerprint density at radius 3 is 2.54 bits per heavy atom. The first-order valence-electron chi connectivity index (χ1n) is 8.11. The van der Waals surface area contributed by atoms with Crippen molar-refractivity contribution in [1.29, 1.82) is 0 Å². The molecule has 2 N–H and O–H groups in total.